The smallest absolute Gasteiger partial charge is 0.306 e. The molecule has 1 aliphatic rings. The Bertz CT molecular complexity index is 230. The van der Waals surface area contributed by atoms with Gasteiger partial charge in [-0.3, -0.25) is 9.59 Å². The second-order valence-electron chi connectivity index (χ2n) is 3.23. The zero-order valence-electron chi connectivity index (χ0n) is 7.79. The van der Waals surface area contributed by atoms with Crippen molar-refractivity contribution in [2.45, 2.75) is 25.7 Å². The Balaban J connectivity index is 2.56. The summed E-state index contributed by atoms with van der Waals surface area (Å²) in [5.74, 6) is -0.154. The van der Waals surface area contributed by atoms with Crippen molar-refractivity contribution in [2.24, 2.45) is 5.92 Å². The maximum Gasteiger partial charge on any atom is 0.306 e. The molecule has 3 nitrogen and oxygen atoms in total. The van der Waals surface area contributed by atoms with Gasteiger partial charge in [-0.1, -0.05) is 6.08 Å². The van der Waals surface area contributed by atoms with Crippen LogP contribution in [0.15, 0.2) is 11.6 Å². The summed E-state index contributed by atoms with van der Waals surface area (Å²) in [5.41, 5.74) is 0.761. The minimum absolute atomic E-state index is 0.0821. The molecule has 1 unspecified atom stereocenters. The van der Waals surface area contributed by atoms with Gasteiger partial charge in [0.05, 0.1) is 13.5 Å². The summed E-state index contributed by atoms with van der Waals surface area (Å²) in [4.78, 5) is 21.6. The quantitative estimate of drug-likeness (QED) is 0.490. The fourth-order valence-electron chi connectivity index (χ4n) is 1.62. The third-order valence-electron chi connectivity index (χ3n) is 2.38. The summed E-state index contributed by atoms with van der Waals surface area (Å²) < 4.78 is 4.56. The molecule has 0 N–H and O–H groups in total. The second kappa shape index (κ2) is 4.80. The number of hydrogen-bond acceptors (Lipinski definition) is 3. The highest BCUT2D eigenvalue weighted by atomic mass is 16.5. The van der Waals surface area contributed by atoms with Crippen molar-refractivity contribution >= 4 is 12.3 Å². The SMILES string of the molecule is COC(=O)CC1CCCC=C1C=O. The van der Waals surface area contributed by atoms with Crippen LogP contribution in [0.2, 0.25) is 0 Å². The second-order valence-corrected chi connectivity index (χ2v) is 3.23. The first-order valence-corrected chi connectivity index (χ1v) is 4.50. The van der Waals surface area contributed by atoms with E-state index in [1.165, 1.54) is 7.11 Å². The molecule has 0 fully saturated rings. The fraction of sp³-hybridized carbons (Fsp3) is 0.600. The van der Waals surface area contributed by atoms with Crippen LogP contribution in [-0.4, -0.2) is 19.4 Å². The average Bonchev–Trinajstić information content (AvgIpc) is 2.18. The van der Waals surface area contributed by atoms with Crippen LogP contribution < -0.4 is 0 Å². The van der Waals surface area contributed by atoms with E-state index in [0.717, 1.165) is 31.1 Å². The van der Waals surface area contributed by atoms with E-state index in [1.54, 1.807) is 0 Å². The molecule has 0 spiro atoms. The highest BCUT2D eigenvalue weighted by Gasteiger charge is 2.20. The lowest BCUT2D eigenvalue weighted by Gasteiger charge is -2.19. The minimum Gasteiger partial charge on any atom is -0.469 e. The number of hydrogen-bond donors (Lipinski definition) is 0. The molecule has 3 heteroatoms. The van der Waals surface area contributed by atoms with Crippen molar-refractivity contribution in [3.05, 3.63) is 11.6 Å². The number of ether oxygens (including phenoxy) is 1. The molecule has 0 aliphatic heterocycles. The third-order valence-corrected chi connectivity index (χ3v) is 2.38. The minimum atomic E-state index is -0.236. The predicted molar refractivity (Wildman–Crippen MR) is 48.1 cm³/mol. The number of rotatable bonds is 3. The Morgan fingerprint density at radius 3 is 3.15 bits per heavy atom. The summed E-state index contributed by atoms with van der Waals surface area (Å²) in [5, 5.41) is 0. The molecule has 0 aromatic rings. The Kier molecular flexibility index (Phi) is 3.68. The molecule has 0 aromatic carbocycles. The lowest BCUT2D eigenvalue weighted by atomic mass is 9.86. The standard InChI is InChI=1S/C10H14O3/c1-13-10(12)6-8-4-2-3-5-9(8)7-11/h5,7-8H,2-4,6H2,1H3. The summed E-state index contributed by atoms with van der Waals surface area (Å²) in [6, 6.07) is 0. The van der Waals surface area contributed by atoms with Crippen molar-refractivity contribution < 1.29 is 14.3 Å². The lowest BCUT2D eigenvalue weighted by Crippen LogP contribution is -2.15. The van der Waals surface area contributed by atoms with Crippen molar-refractivity contribution in [1.29, 1.82) is 0 Å². The van der Waals surface area contributed by atoms with Crippen molar-refractivity contribution in [3.63, 3.8) is 0 Å². The number of methoxy groups -OCH3 is 1. The van der Waals surface area contributed by atoms with Gasteiger partial charge in [-0.05, 0) is 30.8 Å². The van der Waals surface area contributed by atoms with Crippen LogP contribution in [-0.2, 0) is 14.3 Å². The van der Waals surface area contributed by atoms with Gasteiger partial charge in [-0.25, -0.2) is 0 Å². The van der Waals surface area contributed by atoms with Crippen molar-refractivity contribution in [1.82, 2.24) is 0 Å². The number of esters is 1. The van der Waals surface area contributed by atoms with Gasteiger partial charge in [-0.15, -0.1) is 0 Å². The first-order chi connectivity index (χ1) is 6.27. The van der Waals surface area contributed by atoms with E-state index in [2.05, 4.69) is 4.74 Å². The van der Waals surface area contributed by atoms with Crippen molar-refractivity contribution in [3.8, 4) is 0 Å². The number of carbonyl (C=O) groups is 2. The molecule has 0 bridgehead atoms. The number of allylic oxidation sites excluding steroid dienone is 2. The molecule has 0 radical (unpaired) electrons. The zero-order valence-corrected chi connectivity index (χ0v) is 7.79. The van der Waals surface area contributed by atoms with Gasteiger partial charge >= 0.3 is 5.97 Å². The van der Waals surface area contributed by atoms with Gasteiger partial charge in [0.15, 0.2) is 0 Å². The Labute approximate surface area is 77.8 Å². The Morgan fingerprint density at radius 1 is 1.77 bits per heavy atom. The number of aldehydes is 1. The summed E-state index contributed by atoms with van der Waals surface area (Å²) in [6.07, 6.45) is 6.03. The lowest BCUT2D eigenvalue weighted by molar-refractivity contribution is -0.141. The van der Waals surface area contributed by atoms with E-state index in [4.69, 9.17) is 0 Å². The first-order valence-electron chi connectivity index (χ1n) is 4.50. The summed E-state index contributed by atoms with van der Waals surface area (Å²) >= 11 is 0. The van der Waals surface area contributed by atoms with Gasteiger partial charge in [0.25, 0.3) is 0 Å². The Morgan fingerprint density at radius 2 is 2.54 bits per heavy atom. The van der Waals surface area contributed by atoms with E-state index in [9.17, 15) is 9.59 Å². The van der Waals surface area contributed by atoms with E-state index in [-0.39, 0.29) is 11.9 Å². The zero-order chi connectivity index (χ0) is 9.68. The van der Waals surface area contributed by atoms with Gasteiger partial charge in [0, 0.05) is 0 Å². The van der Waals surface area contributed by atoms with E-state index in [0.29, 0.717) is 6.42 Å². The molecule has 0 saturated carbocycles. The molecule has 1 aliphatic carbocycles. The molecule has 0 amide bonds. The summed E-state index contributed by atoms with van der Waals surface area (Å²) in [6.45, 7) is 0. The molecular formula is C10H14O3. The van der Waals surface area contributed by atoms with Gasteiger partial charge < -0.3 is 4.74 Å². The maximum absolute atomic E-state index is 11.0. The number of carbonyl (C=O) groups excluding carboxylic acids is 2. The molecule has 0 aromatic heterocycles. The third kappa shape index (κ3) is 2.68. The van der Waals surface area contributed by atoms with Crippen LogP contribution in [0.3, 0.4) is 0 Å². The molecule has 1 atom stereocenters. The van der Waals surface area contributed by atoms with Crippen LogP contribution in [0.1, 0.15) is 25.7 Å². The van der Waals surface area contributed by atoms with Crippen LogP contribution in [0.5, 0.6) is 0 Å². The molecule has 0 saturated heterocycles. The van der Waals surface area contributed by atoms with Gasteiger partial charge in [0.2, 0.25) is 0 Å². The highest BCUT2D eigenvalue weighted by molar-refractivity contribution is 5.77. The normalized spacial score (nSPS) is 21.9. The topological polar surface area (TPSA) is 43.4 Å². The summed E-state index contributed by atoms with van der Waals surface area (Å²) in [7, 11) is 1.37. The van der Waals surface area contributed by atoms with Crippen LogP contribution in [0.25, 0.3) is 0 Å². The molecular weight excluding hydrogens is 168 g/mol. The first kappa shape index (κ1) is 9.96. The van der Waals surface area contributed by atoms with Gasteiger partial charge in [-0.2, -0.15) is 0 Å². The van der Waals surface area contributed by atoms with Crippen molar-refractivity contribution in [2.75, 3.05) is 7.11 Å². The molecule has 13 heavy (non-hydrogen) atoms. The monoisotopic (exact) mass is 182 g/mol. The molecule has 0 heterocycles. The highest BCUT2D eigenvalue weighted by Crippen LogP contribution is 2.26. The van der Waals surface area contributed by atoms with Gasteiger partial charge in [0.1, 0.15) is 6.29 Å². The van der Waals surface area contributed by atoms with Crippen LogP contribution >= 0.6 is 0 Å². The van der Waals surface area contributed by atoms with Crippen LogP contribution in [0.4, 0.5) is 0 Å². The molecule has 72 valence electrons. The maximum atomic E-state index is 11.0. The van der Waals surface area contributed by atoms with E-state index < -0.39 is 0 Å². The molecule has 1 rings (SSSR count). The Hall–Kier alpha value is -1.12. The largest absolute Gasteiger partial charge is 0.469 e. The van der Waals surface area contributed by atoms with E-state index in [1.807, 2.05) is 6.08 Å². The predicted octanol–water partition coefficient (Wildman–Crippen LogP) is 1.47. The van der Waals surface area contributed by atoms with E-state index >= 15 is 0 Å². The average molecular weight is 182 g/mol. The van der Waals surface area contributed by atoms with Crippen LogP contribution in [0, 0.1) is 5.92 Å². The fourth-order valence-corrected chi connectivity index (χ4v) is 1.62.